The van der Waals surface area contributed by atoms with E-state index in [4.69, 9.17) is 4.74 Å². The van der Waals surface area contributed by atoms with Crippen LogP contribution in [0.1, 0.15) is 34.1 Å². The van der Waals surface area contributed by atoms with Crippen molar-refractivity contribution < 1.29 is 4.74 Å². The topological polar surface area (TPSA) is 46.2 Å². The molecule has 0 amide bonds. The highest BCUT2D eigenvalue weighted by atomic mass is 16.5. The van der Waals surface area contributed by atoms with Gasteiger partial charge >= 0.3 is 0 Å². The van der Waals surface area contributed by atoms with Crippen LogP contribution in [0, 0.1) is 5.92 Å². The minimum atomic E-state index is 0.321. The molecule has 0 radical (unpaired) electrons. The van der Waals surface area contributed by atoms with Crippen LogP contribution in [-0.2, 0) is 4.74 Å². The summed E-state index contributed by atoms with van der Waals surface area (Å²) in [6, 6.07) is 4.37. The van der Waals surface area contributed by atoms with Gasteiger partial charge in [0.1, 0.15) is 5.82 Å². The van der Waals surface area contributed by atoms with E-state index in [2.05, 4.69) is 42.5 Å². The molecular formula is C15H27N3O. The summed E-state index contributed by atoms with van der Waals surface area (Å²) in [5, 5.41) is 6.82. The lowest BCUT2D eigenvalue weighted by Crippen LogP contribution is -2.31. The normalized spacial score (nSPS) is 12.5. The Morgan fingerprint density at radius 2 is 2.11 bits per heavy atom. The fourth-order valence-corrected chi connectivity index (χ4v) is 1.73. The van der Waals surface area contributed by atoms with E-state index in [0.717, 1.165) is 37.7 Å². The van der Waals surface area contributed by atoms with Crippen molar-refractivity contribution in [1.29, 1.82) is 0 Å². The lowest BCUT2D eigenvalue weighted by Gasteiger charge is -2.23. The zero-order valence-corrected chi connectivity index (χ0v) is 12.6. The Hall–Kier alpha value is -1.29. The summed E-state index contributed by atoms with van der Waals surface area (Å²) >= 11 is 0. The van der Waals surface area contributed by atoms with Gasteiger partial charge in [0.2, 0.25) is 0 Å². The number of nitrogens with one attached hydrogen (secondary N) is 2. The number of aromatic nitrogens is 1. The van der Waals surface area contributed by atoms with Gasteiger partial charge in [0.05, 0.1) is 12.6 Å². The molecule has 0 bridgehead atoms. The molecule has 0 saturated carbocycles. The maximum atomic E-state index is 5.53. The molecule has 1 aromatic heterocycles. The van der Waals surface area contributed by atoms with Crippen LogP contribution in [0.5, 0.6) is 0 Å². The second-order valence-corrected chi connectivity index (χ2v) is 5.01. The average molecular weight is 265 g/mol. The monoisotopic (exact) mass is 265 g/mol. The minimum Gasteiger partial charge on any atom is -0.380 e. The highest BCUT2D eigenvalue weighted by molar-refractivity contribution is 5.52. The molecule has 0 saturated heterocycles. The highest BCUT2D eigenvalue weighted by Gasteiger charge is 2.13. The summed E-state index contributed by atoms with van der Waals surface area (Å²) in [6.07, 6.45) is 2.93. The van der Waals surface area contributed by atoms with Crippen molar-refractivity contribution >= 4 is 11.5 Å². The number of nitrogens with zero attached hydrogens (tertiary/aromatic N) is 1. The molecular weight excluding hydrogens is 238 g/mol. The van der Waals surface area contributed by atoms with Crippen molar-refractivity contribution in [3.05, 3.63) is 18.3 Å². The van der Waals surface area contributed by atoms with E-state index in [9.17, 15) is 0 Å². The second kappa shape index (κ2) is 8.75. The molecule has 108 valence electrons. The molecule has 0 aliphatic rings. The van der Waals surface area contributed by atoms with Gasteiger partial charge in [-0.05, 0) is 25.3 Å². The molecule has 4 nitrogen and oxygen atoms in total. The Morgan fingerprint density at radius 3 is 2.74 bits per heavy atom. The third-order valence-corrected chi connectivity index (χ3v) is 2.97. The van der Waals surface area contributed by atoms with Crippen molar-refractivity contribution in [3.63, 3.8) is 0 Å². The van der Waals surface area contributed by atoms with E-state index in [1.807, 2.05) is 19.2 Å². The van der Waals surface area contributed by atoms with Gasteiger partial charge in [-0.1, -0.05) is 20.8 Å². The predicted molar refractivity (Wildman–Crippen MR) is 81.8 cm³/mol. The Morgan fingerprint density at radius 1 is 1.32 bits per heavy atom. The fourth-order valence-electron chi connectivity index (χ4n) is 1.73. The maximum Gasteiger partial charge on any atom is 0.127 e. The molecule has 19 heavy (non-hydrogen) atoms. The van der Waals surface area contributed by atoms with Crippen LogP contribution in [-0.4, -0.2) is 30.8 Å². The molecule has 1 heterocycles. The van der Waals surface area contributed by atoms with Gasteiger partial charge in [-0.3, -0.25) is 0 Å². The van der Waals surface area contributed by atoms with E-state index in [1.54, 1.807) is 0 Å². The Labute approximate surface area is 117 Å². The number of anilines is 2. The summed E-state index contributed by atoms with van der Waals surface area (Å²) < 4.78 is 5.53. The van der Waals surface area contributed by atoms with Gasteiger partial charge in [-0.15, -0.1) is 0 Å². The van der Waals surface area contributed by atoms with Crippen molar-refractivity contribution in [2.24, 2.45) is 5.92 Å². The highest BCUT2D eigenvalue weighted by Crippen LogP contribution is 2.16. The SMILES string of the molecule is CCCNc1cc(NC(COCC)C(C)C)ccn1. The average Bonchev–Trinajstić information content (AvgIpc) is 2.41. The first-order valence-corrected chi connectivity index (χ1v) is 7.21. The van der Waals surface area contributed by atoms with Crippen LogP contribution in [0.4, 0.5) is 11.5 Å². The van der Waals surface area contributed by atoms with Crippen molar-refractivity contribution in [3.8, 4) is 0 Å². The number of rotatable bonds is 9. The number of hydrogen-bond acceptors (Lipinski definition) is 4. The van der Waals surface area contributed by atoms with E-state index in [0.29, 0.717) is 12.0 Å². The molecule has 1 atom stereocenters. The quantitative estimate of drug-likeness (QED) is 0.718. The molecule has 2 N–H and O–H groups in total. The Bertz CT molecular complexity index is 355. The molecule has 0 fully saturated rings. The van der Waals surface area contributed by atoms with Gasteiger partial charge < -0.3 is 15.4 Å². The molecule has 1 rings (SSSR count). The van der Waals surface area contributed by atoms with Crippen molar-refractivity contribution in [2.45, 2.75) is 40.2 Å². The largest absolute Gasteiger partial charge is 0.380 e. The summed E-state index contributed by atoms with van der Waals surface area (Å²) in [5.41, 5.74) is 1.09. The first-order chi connectivity index (χ1) is 9.17. The van der Waals surface area contributed by atoms with E-state index < -0.39 is 0 Å². The van der Waals surface area contributed by atoms with Crippen LogP contribution in [0.25, 0.3) is 0 Å². The molecule has 1 aromatic rings. The minimum absolute atomic E-state index is 0.321. The lowest BCUT2D eigenvalue weighted by molar-refractivity contribution is 0.127. The predicted octanol–water partition coefficient (Wildman–Crippen LogP) is 3.38. The Kier molecular flexibility index (Phi) is 7.26. The van der Waals surface area contributed by atoms with E-state index >= 15 is 0 Å². The van der Waals surface area contributed by atoms with Crippen molar-refractivity contribution in [1.82, 2.24) is 4.98 Å². The fraction of sp³-hybridized carbons (Fsp3) is 0.667. The summed E-state index contributed by atoms with van der Waals surface area (Å²) in [6.45, 7) is 11.0. The van der Waals surface area contributed by atoms with E-state index in [-0.39, 0.29) is 0 Å². The maximum absolute atomic E-state index is 5.53. The first kappa shape index (κ1) is 15.8. The Balaban J connectivity index is 2.62. The second-order valence-electron chi connectivity index (χ2n) is 5.01. The van der Waals surface area contributed by atoms with Crippen LogP contribution in [0.3, 0.4) is 0 Å². The van der Waals surface area contributed by atoms with Crippen LogP contribution in [0.15, 0.2) is 18.3 Å². The molecule has 0 spiro atoms. The third kappa shape index (κ3) is 5.92. The van der Waals surface area contributed by atoms with Gasteiger partial charge in [0, 0.05) is 31.1 Å². The van der Waals surface area contributed by atoms with Crippen LogP contribution in [0.2, 0.25) is 0 Å². The third-order valence-electron chi connectivity index (χ3n) is 2.97. The van der Waals surface area contributed by atoms with Gasteiger partial charge in [-0.25, -0.2) is 4.98 Å². The lowest BCUT2D eigenvalue weighted by atomic mass is 10.1. The smallest absolute Gasteiger partial charge is 0.127 e. The standard InChI is InChI=1S/C15H27N3O/c1-5-8-16-15-10-13(7-9-17-15)18-14(12(3)4)11-19-6-2/h7,9-10,12,14H,5-6,8,11H2,1-4H3,(H2,16,17,18). The van der Waals surface area contributed by atoms with E-state index in [1.165, 1.54) is 0 Å². The summed E-state index contributed by atoms with van der Waals surface area (Å²) in [7, 11) is 0. The summed E-state index contributed by atoms with van der Waals surface area (Å²) in [5.74, 6) is 1.44. The molecule has 0 aliphatic heterocycles. The van der Waals surface area contributed by atoms with Gasteiger partial charge in [0.15, 0.2) is 0 Å². The molecule has 0 aromatic carbocycles. The molecule has 0 aliphatic carbocycles. The van der Waals surface area contributed by atoms with Crippen molar-refractivity contribution in [2.75, 3.05) is 30.4 Å². The summed E-state index contributed by atoms with van der Waals surface area (Å²) in [4.78, 5) is 4.31. The number of hydrogen-bond donors (Lipinski definition) is 2. The first-order valence-electron chi connectivity index (χ1n) is 7.21. The molecule has 4 heteroatoms. The van der Waals surface area contributed by atoms with Crippen LogP contribution >= 0.6 is 0 Å². The zero-order chi connectivity index (χ0) is 14.1. The zero-order valence-electron chi connectivity index (χ0n) is 12.6. The van der Waals surface area contributed by atoms with Gasteiger partial charge in [-0.2, -0.15) is 0 Å². The van der Waals surface area contributed by atoms with Crippen LogP contribution < -0.4 is 10.6 Å². The molecule has 1 unspecified atom stereocenters. The number of ether oxygens (including phenoxy) is 1. The number of pyridine rings is 1. The van der Waals surface area contributed by atoms with Gasteiger partial charge in [0.25, 0.3) is 0 Å².